The summed E-state index contributed by atoms with van der Waals surface area (Å²) in [6.45, 7) is 2.64. The van der Waals surface area contributed by atoms with Gasteiger partial charge in [-0.25, -0.2) is 9.48 Å². The molecule has 0 bridgehead atoms. The van der Waals surface area contributed by atoms with Gasteiger partial charge in [0.2, 0.25) is 0 Å². The molecule has 2 saturated heterocycles. The number of rotatable bonds is 5. The predicted octanol–water partition coefficient (Wildman–Crippen LogP) is 1.16. The van der Waals surface area contributed by atoms with Crippen molar-refractivity contribution in [1.29, 1.82) is 0 Å². The zero-order valence-corrected chi connectivity index (χ0v) is 12.0. The van der Waals surface area contributed by atoms with Crippen LogP contribution in [0.15, 0.2) is 6.20 Å². The van der Waals surface area contributed by atoms with Crippen LogP contribution in [0.4, 0.5) is 0 Å². The predicted molar refractivity (Wildman–Crippen MR) is 74.1 cm³/mol. The monoisotopic (exact) mass is 295 g/mol. The second kappa shape index (κ2) is 6.55. The quantitative estimate of drug-likeness (QED) is 0.848. The molecule has 1 aromatic rings. The van der Waals surface area contributed by atoms with Crippen molar-refractivity contribution < 1.29 is 19.4 Å². The number of hydrogen-bond acceptors (Lipinski definition) is 5. The first kappa shape index (κ1) is 14.5. The first-order chi connectivity index (χ1) is 10.2. The van der Waals surface area contributed by atoms with Gasteiger partial charge in [0.05, 0.1) is 6.61 Å². The second-order valence-corrected chi connectivity index (χ2v) is 5.55. The molecule has 0 aromatic carbocycles. The highest BCUT2D eigenvalue weighted by molar-refractivity contribution is 5.86. The number of carboxylic acids is 1. The number of aromatic carboxylic acids is 1. The van der Waals surface area contributed by atoms with Crippen LogP contribution in [0.3, 0.4) is 0 Å². The molecule has 2 atom stereocenters. The van der Waals surface area contributed by atoms with Crippen LogP contribution in [0, 0.1) is 0 Å². The van der Waals surface area contributed by atoms with Crippen molar-refractivity contribution in [1.82, 2.24) is 15.1 Å². The van der Waals surface area contributed by atoms with E-state index in [-0.39, 0.29) is 11.9 Å². The van der Waals surface area contributed by atoms with Crippen molar-refractivity contribution in [2.75, 3.05) is 19.8 Å². The van der Waals surface area contributed by atoms with Crippen molar-refractivity contribution in [3.05, 3.63) is 17.5 Å². The first-order valence-electron chi connectivity index (χ1n) is 7.48. The maximum atomic E-state index is 11.3. The summed E-state index contributed by atoms with van der Waals surface area (Å²) in [5.41, 5.74) is 0.805. The van der Waals surface area contributed by atoms with Gasteiger partial charge >= 0.3 is 5.97 Å². The van der Waals surface area contributed by atoms with E-state index in [1.165, 1.54) is 0 Å². The Balaban J connectivity index is 1.70. The molecule has 0 radical (unpaired) electrons. The molecular weight excluding hydrogens is 274 g/mol. The van der Waals surface area contributed by atoms with Crippen molar-refractivity contribution in [3.63, 3.8) is 0 Å². The fourth-order valence-electron chi connectivity index (χ4n) is 2.77. The van der Waals surface area contributed by atoms with E-state index < -0.39 is 5.97 Å². The van der Waals surface area contributed by atoms with E-state index in [2.05, 4.69) is 10.4 Å². The lowest BCUT2D eigenvalue weighted by molar-refractivity contribution is -0.0397. The number of nitrogens with one attached hydrogen (secondary N) is 1. The lowest BCUT2D eigenvalue weighted by Gasteiger charge is -2.22. The largest absolute Gasteiger partial charge is 0.476 e. The third-order valence-electron chi connectivity index (χ3n) is 3.97. The maximum Gasteiger partial charge on any atom is 0.356 e. The van der Waals surface area contributed by atoms with E-state index >= 15 is 0 Å². The van der Waals surface area contributed by atoms with Gasteiger partial charge in [-0.2, -0.15) is 5.10 Å². The molecule has 0 amide bonds. The fourth-order valence-corrected chi connectivity index (χ4v) is 2.77. The average molecular weight is 295 g/mol. The number of carboxylic acid groups (broad SMARTS) is 1. The summed E-state index contributed by atoms with van der Waals surface area (Å²) in [6.07, 6.45) is 5.63. The highest BCUT2D eigenvalue weighted by Gasteiger charge is 2.23. The molecule has 7 heteroatoms. The molecule has 1 unspecified atom stereocenters. The van der Waals surface area contributed by atoms with Gasteiger partial charge in [0.25, 0.3) is 0 Å². The molecule has 2 N–H and O–H groups in total. The molecule has 21 heavy (non-hydrogen) atoms. The lowest BCUT2D eigenvalue weighted by Crippen LogP contribution is -2.29. The minimum absolute atomic E-state index is 0.107. The standard InChI is InChI=1S/C14H21N3O4/c18-14(19)13-10(7-15-11-4-6-20-9-11)8-17(16-13)12-3-1-2-5-21-12/h8,11-12,15H,1-7,9H2,(H,18,19)/t11-,12?/m0/s1. The van der Waals surface area contributed by atoms with Crippen LogP contribution >= 0.6 is 0 Å². The third kappa shape index (κ3) is 3.42. The van der Waals surface area contributed by atoms with E-state index in [1.54, 1.807) is 10.9 Å². The van der Waals surface area contributed by atoms with Crippen molar-refractivity contribution >= 4 is 5.97 Å². The maximum absolute atomic E-state index is 11.3. The fraction of sp³-hybridized carbons (Fsp3) is 0.714. The highest BCUT2D eigenvalue weighted by atomic mass is 16.5. The molecule has 0 saturated carbocycles. The minimum Gasteiger partial charge on any atom is -0.476 e. The van der Waals surface area contributed by atoms with Crippen LogP contribution in [-0.4, -0.2) is 46.7 Å². The summed E-state index contributed by atoms with van der Waals surface area (Å²) in [5.74, 6) is -0.996. The summed E-state index contributed by atoms with van der Waals surface area (Å²) in [4.78, 5) is 11.3. The first-order valence-corrected chi connectivity index (χ1v) is 7.48. The second-order valence-electron chi connectivity index (χ2n) is 5.55. The van der Waals surface area contributed by atoms with Crippen LogP contribution in [-0.2, 0) is 16.0 Å². The van der Waals surface area contributed by atoms with E-state index in [0.717, 1.165) is 32.3 Å². The zero-order chi connectivity index (χ0) is 14.7. The van der Waals surface area contributed by atoms with Gasteiger partial charge in [-0.15, -0.1) is 0 Å². The number of hydrogen-bond donors (Lipinski definition) is 2. The number of ether oxygens (including phenoxy) is 2. The summed E-state index contributed by atoms with van der Waals surface area (Å²) < 4.78 is 12.6. The molecule has 3 rings (SSSR count). The average Bonchev–Trinajstić information content (AvgIpc) is 3.15. The van der Waals surface area contributed by atoms with Crippen LogP contribution < -0.4 is 5.32 Å². The Bertz CT molecular complexity index is 490. The molecule has 7 nitrogen and oxygen atoms in total. The van der Waals surface area contributed by atoms with Gasteiger partial charge < -0.3 is 19.9 Å². The Morgan fingerprint density at radius 1 is 1.43 bits per heavy atom. The van der Waals surface area contributed by atoms with Crippen molar-refractivity contribution in [2.24, 2.45) is 0 Å². The Labute approximate surface area is 123 Å². The number of aromatic nitrogens is 2. The SMILES string of the molecule is O=C(O)c1nn(C2CCCCO2)cc1CN[C@H]1CCOC1. The van der Waals surface area contributed by atoms with E-state index in [9.17, 15) is 9.90 Å². The number of nitrogens with zero attached hydrogens (tertiary/aromatic N) is 2. The van der Waals surface area contributed by atoms with E-state index in [1.807, 2.05) is 0 Å². The van der Waals surface area contributed by atoms with Gasteiger partial charge in [-0.3, -0.25) is 0 Å². The topological polar surface area (TPSA) is 85.6 Å². The Kier molecular flexibility index (Phi) is 4.52. The molecule has 0 spiro atoms. The normalized spacial score (nSPS) is 26.1. The van der Waals surface area contributed by atoms with Gasteiger partial charge in [-0.05, 0) is 25.7 Å². The molecule has 2 fully saturated rings. The van der Waals surface area contributed by atoms with Gasteiger partial charge in [-0.1, -0.05) is 0 Å². The molecular formula is C14H21N3O4. The molecule has 1 aromatic heterocycles. The van der Waals surface area contributed by atoms with Gasteiger partial charge in [0, 0.05) is 37.6 Å². The van der Waals surface area contributed by atoms with Crippen LogP contribution in [0.2, 0.25) is 0 Å². The molecule has 2 aliphatic rings. The van der Waals surface area contributed by atoms with Crippen LogP contribution in [0.25, 0.3) is 0 Å². The summed E-state index contributed by atoms with van der Waals surface area (Å²) in [7, 11) is 0. The molecule has 2 aliphatic heterocycles. The summed E-state index contributed by atoms with van der Waals surface area (Å²) >= 11 is 0. The Morgan fingerprint density at radius 3 is 3.00 bits per heavy atom. The zero-order valence-electron chi connectivity index (χ0n) is 12.0. The smallest absolute Gasteiger partial charge is 0.356 e. The summed E-state index contributed by atoms with van der Waals surface area (Å²) in [6, 6.07) is 0.293. The Morgan fingerprint density at radius 2 is 2.33 bits per heavy atom. The van der Waals surface area contributed by atoms with Gasteiger partial charge in [0.15, 0.2) is 5.69 Å². The van der Waals surface area contributed by atoms with E-state index in [4.69, 9.17) is 9.47 Å². The van der Waals surface area contributed by atoms with E-state index in [0.29, 0.717) is 31.4 Å². The lowest BCUT2D eigenvalue weighted by atomic mass is 10.2. The Hall–Kier alpha value is -1.44. The van der Waals surface area contributed by atoms with Gasteiger partial charge in [0.1, 0.15) is 6.23 Å². The van der Waals surface area contributed by atoms with Crippen molar-refractivity contribution in [3.8, 4) is 0 Å². The summed E-state index contributed by atoms with van der Waals surface area (Å²) in [5, 5.41) is 16.8. The van der Waals surface area contributed by atoms with Crippen LogP contribution in [0.5, 0.6) is 0 Å². The minimum atomic E-state index is -0.996. The number of carbonyl (C=O) groups is 1. The third-order valence-corrected chi connectivity index (χ3v) is 3.97. The molecule has 116 valence electrons. The van der Waals surface area contributed by atoms with Crippen molar-refractivity contribution in [2.45, 2.75) is 44.5 Å². The molecule has 3 heterocycles. The molecule has 0 aliphatic carbocycles. The van der Waals surface area contributed by atoms with Crippen LogP contribution in [0.1, 0.15) is 48.0 Å². The highest BCUT2D eigenvalue weighted by Crippen LogP contribution is 2.23.